The fourth-order valence-corrected chi connectivity index (χ4v) is 2.11. The van der Waals surface area contributed by atoms with Crippen LogP contribution in [-0.2, 0) is 0 Å². The van der Waals surface area contributed by atoms with Crippen molar-refractivity contribution in [2.45, 2.75) is 46.1 Å². The lowest BCUT2D eigenvalue weighted by Crippen LogP contribution is -2.27. The summed E-state index contributed by atoms with van der Waals surface area (Å²) in [5.41, 5.74) is 0. The highest BCUT2D eigenvalue weighted by molar-refractivity contribution is 4.80. The van der Waals surface area contributed by atoms with Crippen LogP contribution in [0.25, 0.3) is 0 Å². The largest absolute Gasteiger partial charge is 0.300 e. The molecule has 11 heavy (non-hydrogen) atoms. The third-order valence-electron chi connectivity index (χ3n) is 2.88. The van der Waals surface area contributed by atoms with Crippen molar-refractivity contribution in [3.63, 3.8) is 0 Å². The summed E-state index contributed by atoms with van der Waals surface area (Å²) in [4.78, 5) is 2.63. The number of rotatable bonds is 3. The predicted octanol–water partition coefficient (Wildman–Crippen LogP) is 2.52. The number of hydrogen-bond acceptors (Lipinski definition) is 1. The highest BCUT2D eigenvalue weighted by Crippen LogP contribution is 2.24. The van der Waals surface area contributed by atoms with Crippen molar-refractivity contribution in [2.75, 3.05) is 13.1 Å². The maximum Gasteiger partial charge on any atom is 0.00701 e. The molecule has 1 nitrogen and oxygen atoms in total. The Bertz CT molecular complexity index is 111. The Hall–Kier alpha value is -0.0400. The van der Waals surface area contributed by atoms with E-state index in [9.17, 15) is 0 Å². The molecule has 0 aromatic carbocycles. The van der Waals surface area contributed by atoms with Crippen LogP contribution in [0.1, 0.15) is 40.0 Å². The molecule has 0 N–H and O–H groups in total. The van der Waals surface area contributed by atoms with Crippen molar-refractivity contribution >= 4 is 0 Å². The van der Waals surface area contributed by atoms with E-state index >= 15 is 0 Å². The molecular formula is C10H21N. The molecule has 0 amide bonds. The topological polar surface area (TPSA) is 3.24 Å². The molecule has 1 aliphatic heterocycles. The van der Waals surface area contributed by atoms with E-state index in [2.05, 4.69) is 25.7 Å². The molecule has 0 aromatic rings. The van der Waals surface area contributed by atoms with Crippen molar-refractivity contribution in [2.24, 2.45) is 5.92 Å². The van der Waals surface area contributed by atoms with Crippen LogP contribution < -0.4 is 0 Å². The van der Waals surface area contributed by atoms with Gasteiger partial charge < -0.3 is 4.90 Å². The summed E-state index contributed by atoms with van der Waals surface area (Å²) < 4.78 is 0. The fraction of sp³-hybridized carbons (Fsp3) is 1.00. The van der Waals surface area contributed by atoms with Crippen molar-refractivity contribution in [3.05, 3.63) is 0 Å². The molecule has 1 fully saturated rings. The van der Waals surface area contributed by atoms with Gasteiger partial charge in [-0.05, 0) is 32.2 Å². The normalized spacial score (nSPS) is 33.0. The minimum atomic E-state index is 0.847. The first kappa shape index (κ1) is 9.05. The lowest BCUT2D eigenvalue weighted by molar-refractivity contribution is 0.264. The second kappa shape index (κ2) is 4.10. The van der Waals surface area contributed by atoms with Gasteiger partial charge in [0.15, 0.2) is 0 Å². The molecule has 0 radical (unpaired) electrons. The van der Waals surface area contributed by atoms with E-state index in [4.69, 9.17) is 0 Å². The number of hydrogen-bond donors (Lipinski definition) is 0. The molecule has 0 spiro atoms. The van der Waals surface area contributed by atoms with Gasteiger partial charge in [0, 0.05) is 12.6 Å². The average Bonchev–Trinajstić information content (AvgIpc) is 2.33. The summed E-state index contributed by atoms with van der Waals surface area (Å²) in [6.07, 6.45) is 4.10. The van der Waals surface area contributed by atoms with E-state index in [0.29, 0.717) is 0 Å². The molecule has 0 saturated carbocycles. The third-order valence-corrected chi connectivity index (χ3v) is 2.88. The fourth-order valence-electron chi connectivity index (χ4n) is 2.11. The lowest BCUT2D eigenvalue weighted by atomic mass is 10.0. The Morgan fingerprint density at radius 2 is 2.09 bits per heavy atom. The van der Waals surface area contributed by atoms with Gasteiger partial charge in [0.05, 0.1) is 0 Å². The summed E-state index contributed by atoms with van der Waals surface area (Å²) >= 11 is 0. The van der Waals surface area contributed by atoms with E-state index in [1.807, 2.05) is 0 Å². The molecule has 0 aromatic heterocycles. The summed E-state index contributed by atoms with van der Waals surface area (Å²) in [5, 5.41) is 0. The van der Waals surface area contributed by atoms with Crippen molar-refractivity contribution in [3.8, 4) is 0 Å². The third kappa shape index (κ3) is 2.19. The van der Waals surface area contributed by atoms with Gasteiger partial charge in [-0.3, -0.25) is 0 Å². The Balaban J connectivity index is 2.32. The van der Waals surface area contributed by atoms with Crippen LogP contribution in [0, 0.1) is 5.92 Å². The summed E-state index contributed by atoms with van der Waals surface area (Å²) in [6.45, 7) is 9.60. The summed E-state index contributed by atoms with van der Waals surface area (Å²) in [7, 11) is 0. The quantitative estimate of drug-likeness (QED) is 0.605. The molecular weight excluding hydrogens is 134 g/mol. The van der Waals surface area contributed by atoms with Gasteiger partial charge in [-0.15, -0.1) is 0 Å². The van der Waals surface area contributed by atoms with Gasteiger partial charge in [0.2, 0.25) is 0 Å². The van der Waals surface area contributed by atoms with Gasteiger partial charge in [-0.2, -0.15) is 0 Å². The smallest absolute Gasteiger partial charge is 0.00701 e. The zero-order chi connectivity index (χ0) is 8.27. The number of likely N-dealkylation sites (tertiary alicyclic amines) is 1. The maximum atomic E-state index is 2.63. The van der Waals surface area contributed by atoms with Crippen LogP contribution in [0.3, 0.4) is 0 Å². The highest BCUT2D eigenvalue weighted by atomic mass is 15.2. The second-order valence-electron chi connectivity index (χ2n) is 3.85. The van der Waals surface area contributed by atoms with E-state index in [1.165, 1.54) is 32.4 Å². The molecule has 1 heterocycles. The minimum Gasteiger partial charge on any atom is -0.300 e. The Kier molecular flexibility index (Phi) is 3.38. The highest BCUT2D eigenvalue weighted by Gasteiger charge is 2.26. The van der Waals surface area contributed by atoms with Crippen LogP contribution in [0.4, 0.5) is 0 Å². The first-order valence-electron chi connectivity index (χ1n) is 5.02. The van der Waals surface area contributed by atoms with Gasteiger partial charge in [-0.1, -0.05) is 20.3 Å². The predicted molar refractivity (Wildman–Crippen MR) is 49.7 cm³/mol. The zero-order valence-electron chi connectivity index (χ0n) is 8.14. The minimum absolute atomic E-state index is 0.847. The molecule has 0 aliphatic carbocycles. The van der Waals surface area contributed by atoms with E-state index < -0.39 is 0 Å². The zero-order valence-corrected chi connectivity index (χ0v) is 8.14. The van der Waals surface area contributed by atoms with Gasteiger partial charge in [-0.25, -0.2) is 0 Å². The van der Waals surface area contributed by atoms with Gasteiger partial charge in [0.1, 0.15) is 0 Å². The number of nitrogens with zero attached hydrogens (tertiary/aromatic N) is 1. The summed E-state index contributed by atoms with van der Waals surface area (Å²) in [5.74, 6) is 0.983. The first-order valence-corrected chi connectivity index (χ1v) is 5.02. The van der Waals surface area contributed by atoms with Crippen LogP contribution in [0.15, 0.2) is 0 Å². The maximum absolute atomic E-state index is 2.63. The van der Waals surface area contributed by atoms with Crippen molar-refractivity contribution in [1.29, 1.82) is 0 Å². The molecule has 1 heteroatoms. The van der Waals surface area contributed by atoms with Crippen LogP contribution in [-0.4, -0.2) is 24.0 Å². The van der Waals surface area contributed by atoms with Gasteiger partial charge in [0.25, 0.3) is 0 Å². The molecule has 66 valence electrons. The van der Waals surface area contributed by atoms with Crippen LogP contribution in [0.5, 0.6) is 0 Å². The second-order valence-corrected chi connectivity index (χ2v) is 3.85. The molecule has 1 rings (SSSR count). The SMILES string of the molecule is CCCN1CC(CC)C[C@H]1C. The Labute approximate surface area is 70.8 Å². The van der Waals surface area contributed by atoms with Crippen LogP contribution in [0.2, 0.25) is 0 Å². The first-order chi connectivity index (χ1) is 5.27. The molecule has 1 unspecified atom stereocenters. The van der Waals surface area contributed by atoms with Gasteiger partial charge >= 0.3 is 0 Å². The standard InChI is InChI=1S/C10H21N/c1-4-6-11-8-10(5-2)7-9(11)3/h9-10H,4-8H2,1-3H3/t9-,10?/m1/s1. The molecule has 1 aliphatic rings. The molecule has 0 bridgehead atoms. The Morgan fingerprint density at radius 3 is 2.55 bits per heavy atom. The van der Waals surface area contributed by atoms with E-state index in [0.717, 1.165) is 12.0 Å². The monoisotopic (exact) mass is 155 g/mol. The lowest BCUT2D eigenvalue weighted by Gasteiger charge is -2.19. The van der Waals surface area contributed by atoms with E-state index in [-0.39, 0.29) is 0 Å². The molecule has 1 saturated heterocycles. The average molecular weight is 155 g/mol. The van der Waals surface area contributed by atoms with E-state index in [1.54, 1.807) is 0 Å². The van der Waals surface area contributed by atoms with Crippen molar-refractivity contribution < 1.29 is 0 Å². The van der Waals surface area contributed by atoms with Crippen LogP contribution >= 0.6 is 0 Å². The molecule has 2 atom stereocenters. The summed E-state index contributed by atoms with van der Waals surface area (Å²) in [6, 6.07) is 0.847. The Morgan fingerprint density at radius 1 is 1.36 bits per heavy atom. The van der Waals surface area contributed by atoms with Crippen molar-refractivity contribution in [1.82, 2.24) is 4.90 Å².